The van der Waals surface area contributed by atoms with Crippen molar-refractivity contribution in [3.63, 3.8) is 0 Å². The van der Waals surface area contributed by atoms with Gasteiger partial charge in [-0.05, 0) is 84.2 Å². The van der Waals surface area contributed by atoms with Crippen molar-refractivity contribution < 1.29 is 20.4 Å². The Hall–Kier alpha value is -0.840. The van der Waals surface area contributed by atoms with Crippen LogP contribution in [0.25, 0.3) is 0 Å². The van der Waals surface area contributed by atoms with Crippen LogP contribution in [0.3, 0.4) is 0 Å². The van der Waals surface area contributed by atoms with Crippen LogP contribution < -0.4 is 11.5 Å². The SMILES string of the molecule is CCCCCCCC/C=C\CCCCCCCCN(CC(O)CN)C(C(O)C(C)O)N(CCCCCCCC/C=C\CCCCCCCC)CC(O)CN. The van der Waals surface area contributed by atoms with Gasteiger partial charge in [-0.1, -0.05) is 154 Å². The number of unbranched alkanes of at least 4 members (excludes halogenated alkanes) is 24. The van der Waals surface area contributed by atoms with Gasteiger partial charge < -0.3 is 31.9 Å². The summed E-state index contributed by atoms with van der Waals surface area (Å²) >= 11 is 0. The van der Waals surface area contributed by atoms with Crippen LogP contribution in [-0.2, 0) is 0 Å². The van der Waals surface area contributed by atoms with Crippen LogP contribution in [0.4, 0.5) is 0 Å². The molecule has 0 rings (SSSR count). The van der Waals surface area contributed by atoms with E-state index in [0.29, 0.717) is 26.2 Å². The molecule has 0 spiro atoms. The fourth-order valence-electron chi connectivity index (χ4n) is 7.39. The van der Waals surface area contributed by atoms with Gasteiger partial charge in [0, 0.05) is 26.2 Å². The van der Waals surface area contributed by atoms with Crippen LogP contribution in [0.2, 0.25) is 0 Å². The van der Waals surface area contributed by atoms with Gasteiger partial charge in [0.2, 0.25) is 0 Å². The first kappa shape index (κ1) is 53.2. The molecule has 0 heterocycles. The average Bonchev–Trinajstić information content (AvgIpc) is 3.16. The van der Waals surface area contributed by atoms with Gasteiger partial charge in [0.15, 0.2) is 0 Å². The molecule has 0 radical (unpaired) electrons. The second-order valence-corrected chi connectivity index (χ2v) is 16.3. The molecule has 8 N–H and O–H groups in total. The molecule has 0 aromatic carbocycles. The molecule has 0 saturated heterocycles. The van der Waals surface area contributed by atoms with Crippen molar-refractivity contribution in [3.8, 4) is 0 Å². The molecule has 0 aliphatic carbocycles. The molecular weight excluding hydrogens is 673 g/mol. The number of nitrogens with zero attached hydrogens (tertiary/aromatic N) is 2. The zero-order valence-corrected chi connectivity index (χ0v) is 36.1. The summed E-state index contributed by atoms with van der Waals surface area (Å²) in [5.74, 6) is 0. The van der Waals surface area contributed by atoms with Crippen LogP contribution in [0.1, 0.15) is 201 Å². The van der Waals surface area contributed by atoms with Gasteiger partial charge in [-0.2, -0.15) is 0 Å². The van der Waals surface area contributed by atoms with Crippen molar-refractivity contribution in [2.75, 3.05) is 39.3 Å². The van der Waals surface area contributed by atoms with Gasteiger partial charge in [0.05, 0.1) is 24.5 Å². The molecule has 0 amide bonds. The van der Waals surface area contributed by atoms with Crippen LogP contribution >= 0.6 is 0 Å². The van der Waals surface area contributed by atoms with E-state index in [4.69, 9.17) is 11.5 Å². The standard InChI is InChI=1S/C46H94N4O4/c1-4-6-8-10-12-14-16-18-20-22-24-26-28-30-32-34-36-49(40-43(52)38-47)46(45(54)42(3)51)50(41-44(53)39-48)37-35-33-31-29-27-25-23-21-19-17-15-13-11-9-7-5-2/h18-21,42-46,51-54H,4-17,22-41,47-48H2,1-3H3/b20-18-,21-19-. The number of rotatable bonds is 42. The minimum absolute atomic E-state index is 0.127. The van der Waals surface area contributed by atoms with Crippen molar-refractivity contribution in [1.29, 1.82) is 0 Å². The summed E-state index contributed by atoms with van der Waals surface area (Å²) in [7, 11) is 0. The second kappa shape index (κ2) is 40.4. The highest BCUT2D eigenvalue weighted by Crippen LogP contribution is 2.20. The highest BCUT2D eigenvalue weighted by Gasteiger charge is 2.35. The summed E-state index contributed by atoms with van der Waals surface area (Å²) in [6.07, 6.45) is 40.1. The number of hydrogen-bond acceptors (Lipinski definition) is 8. The highest BCUT2D eigenvalue weighted by atomic mass is 16.3. The van der Waals surface area contributed by atoms with Crippen molar-refractivity contribution in [2.24, 2.45) is 11.5 Å². The number of aliphatic hydroxyl groups is 4. The zero-order valence-electron chi connectivity index (χ0n) is 36.1. The summed E-state index contributed by atoms with van der Waals surface area (Å²) in [6, 6.07) is 0. The molecule has 0 aliphatic heterocycles. The summed E-state index contributed by atoms with van der Waals surface area (Å²) in [4.78, 5) is 4.18. The van der Waals surface area contributed by atoms with Crippen LogP contribution in [0, 0.1) is 0 Å². The number of aliphatic hydroxyl groups excluding tert-OH is 4. The smallest absolute Gasteiger partial charge is 0.108 e. The fraction of sp³-hybridized carbons (Fsp3) is 0.913. The summed E-state index contributed by atoms with van der Waals surface area (Å²) in [5, 5.41) is 43.3. The van der Waals surface area contributed by atoms with E-state index in [1.165, 1.54) is 141 Å². The molecule has 0 aromatic heterocycles. The quantitative estimate of drug-likeness (QED) is 0.0205. The average molecular weight is 767 g/mol. The van der Waals surface area contributed by atoms with E-state index in [2.05, 4.69) is 48.0 Å². The predicted octanol–water partition coefficient (Wildman–Crippen LogP) is 9.37. The Morgan fingerprint density at radius 3 is 0.981 bits per heavy atom. The lowest BCUT2D eigenvalue weighted by molar-refractivity contribution is -0.108. The minimum atomic E-state index is -1.07. The maximum Gasteiger partial charge on any atom is 0.108 e. The van der Waals surface area contributed by atoms with E-state index >= 15 is 0 Å². The van der Waals surface area contributed by atoms with E-state index in [1.807, 2.05) is 0 Å². The molecular formula is C46H94N4O4. The highest BCUT2D eigenvalue weighted by molar-refractivity contribution is 4.87. The maximum atomic E-state index is 11.4. The Balaban J connectivity index is 4.83. The molecule has 0 fully saturated rings. The number of nitrogens with two attached hydrogens (primary N) is 2. The lowest BCUT2D eigenvalue weighted by Crippen LogP contribution is -2.61. The van der Waals surface area contributed by atoms with Gasteiger partial charge in [-0.25, -0.2) is 0 Å². The first-order valence-corrected chi connectivity index (χ1v) is 23.2. The molecule has 8 nitrogen and oxygen atoms in total. The Kier molecular flexibility index (Phi) is 39.7. The normalized spacial score (nSPS) is 15.2. The third kappa shape index (κ3) is 32.3. The molecule has 0 aromatic rings. The second-order valence-electron chi connectivity index (χ2n) is 16.3. The summed E-state index contributed by atoms with van der Waals surface area (Å²) in [6.45, 7) is 8.36. The number of allylic oxidation sites excluding steroid dienone is 4. The molecule has 0 aliphatic rings. The van der Waals surface area contributed by atoms with E-state index in [0.717, 1.165) is 38.5 Å². The molecule has 0 bridgehead atoms. The molecule has 4 atom stereocenters. The van der Waals surface area contributed by atoms with Crippen LogP contribution in [0.5, 0.6) is 0 Å². The Morgan fingerprint density at radius 1 is 0.426 bits per heavy atom. The van der Waals surface area contributed by atoms with Crippen LogP contribution in [0.15, 0.2) is 24.3 Å². The third-order valence-corrected chi connectivity index (χ3v) is 10.9. The van der Waals surface area contributed by atoms with Gasteiger partial charge >= 0.3 is 0 Å². The van der Waals surface area contributed by atoms with Gasteiger partial charge in [-0.3, -0.25) is 9.80 Å². The molecule has 0 saturated carbocycles. The maximum absolute atomic E-state index is 11.4. The summed E-state index contributed by atoms with van der Waals surface area (Å²) in [5.41, 5.74) is 11.7. The van der Waals surface area contributed by atoms with Crippen molar-refractivity contribution in [1.82, 2.24) is 9.80 Å². The van der Waals surface area contributed by atoms with Crippen molar-refractivity contribution in [3.05, 3.63) is 24.3 Å². The molecule has 322 valence electrons. The van der Waals surface area contributed by atoms with E-state index < -0.39 is 30.6 Å². The molecule has 4 unspecified atom stereocenters. The van der Waals surface area contributed by atoms with Gasteiger partial charge in [0.25, 0.3) is 0 Å². The number of hydrogen-bond donors (Lipinski definition) is 6. The zero-order chi connectivity index (χ0) is 39.9. The van der Waals surface area contributed by atoms with E-state index in [1.54, 1.807) is 6.92 Å². The van der Waals surface area contributed by atoms with E-state index in [-0.39, 0.29) is 13.1 Å². The Labute approximate surface area is 335 Å². The van der Waals surface area contributed by atoms with Crippen LogP contribution in [-0.4, -0.2) is 100 Å². The van der Waals surface area contributed by atoms with Gasteiger partial charge in [0.1, 0.15) is 6.10 Å². The Morgan fingerprint density at radius 2 is 0.704 bits per heavy atom. The minimum Gasteiger partial charge on any atom is -0.391 e. The molecule has 54 heavy (non-hydrogen) atoms. The molecule has 8 heteroatoms. The Bertz CT molecular complexity index is 756. The van der Waals surface area contributed by atoms with Crippen molar-refractivity contribution in [2.45, 2.75) is 231 Å². The van der Waals surface area contributed by atoms with Crippen molar-refractivity contribution >= 4 is 0 Å². The lowest BCUT2D eigenvalue weighted by atomic mass is 10.0. The predicted molar refractivity (Wildman–Crippen MR) is 234 cm³/mol. The fourth-order valence-corrected chi connectivity index (χ4v) is 7.39. The lowest BCUT2D eigenvalue weighted by Gasteiger charge is -2.44. The first-order valence-electron chi connectivity index (χ1n) is 23.2. The summed E-state index contributed by atoms with van der Waals surface area (Å²) < 4.78 is 0. The largest absolute Gasteiger partial charge is 0.391 e. The topological polar surface area (TPSA) is 139 Å². The van der Waals surface area contributed by atoms with Gasteiger partial charge in [-0.15, -0.1) is 0 Å². The third-order valence-electron chi connectivity index (χ3n) is 10.9. The monoisotopic (exact) mass is 767 g/mol. The first-order chi connectivity index (χ1) is 26.3. The van der Waals surface area contributed by atoms with E-state index in [9.17, 15) is 20.4 Å².